The second-order valence-corrected chi connectivity index (χ2v) is 7.28. The third kappa shape index (κ3) is 2.96. The number of hydrogen-bond donors (Lipinski definition) is 1. The van der Waals surface area contributed by atoms with Gasteiger partial charge in [-0.05, 0) is 16.7 Å². The standard InChI is InChI=1S/C23H17O2P/c24-23(25)22-20(17-12-6-2-7-13-17)19(16-10-4-1-5-11-16)21(26-22)18-14-8-3-9-15-18/h1-15,26H,(H,24,25). The van der Waals surface area contributed by atoms with Gasteiger partial charge in [-0.1, -0.05) is 91.0 Å². The smallest absolute Gasteiger partial charge is 0.340 e. The number of carboxylic acid groups (broad SMARTS) is 1. The van der Waals surface area contributed by atoms with Crippen molar-refractivity contribution < 1.29 is 9.90 Å². The molecule has 0 radical (unpaired) electrons. The summed E-state index contributed by atoms with van der Waals surface area (Å²) in [5, 5.41) is 11.5. The Balaban J connectivity index is 2.09. The van der Waals surface area contributed by atoms with Gasteiger partial charge >= 0.3 is 5.97 Å². The largest absolute Gasteiger partial charge is 0.477 e. The normalized spacial score (nSPS) is 10.9. The molecule has 0 fully saturated rings. The molecule has 1 N–H and O–H groups in total. The van der Waals surface area contributed by atoms with Gasteiger partial charge in [0, 0.05) is 16.4 Å². The van der Waals surface area contributed by atoms with Crippen LogP contribution in [0.4, 0.5) is 0 Å². The maximum absolute atomic E-state index is 12.1. The molecule has 0 amide bonds. The quantitative estimate of drug-likeness (QED) is 0.458. The highest BCUT2D eigenvalue weighted by Crippen LogP contribution is 2.50. The Kier molecular flexibility index (Phi) is 4.43. The lowest BCUT2D eigenvalue weighted by Gasteiger charge is -2.10. The monoisotopic (exact) mass is 356 g/mol. The van der Waals surface area contributed by atoms with Gasteiger partial charge in [0.05, 0.1) is 5.30 Å². The van der Waals surface area contributed by atoms with Crippen molar-refractivity contribution in [3.63, 3.8) is 0 Å². The maximum Gasteiger partial charge on any atom is 0.340 e. The van der Waals surface area contributed by atoms with Crippen LogP contribution in [0.1, 0.15) is 10.1 Å². The van der Waals surface area contributed by atoms with E-state index in [9.17, 15) is 9.90 Å². The summed E-state index contributed by atoms with van der Waals surface area (Å²) in [5.41, 5.74) is 4.94. The van der Waals surface area contributed by atoms with E-state index in [4.69, 9.17) is 0 Å². The lowest BCUT2D eigenvalue weighted by atomic mass is 9.93. The predicted molar refractivity (Wildman–Crippen MR) is 109 cm³/mol. The number of benzene rings is 3. The van der Waals surface area contributed by atoms with Crippen LogP contribution in [0.2, 0.25) is 0 Å². The summed E-state index contributed by atoms with van der Waals surface area (Å²) in [5.74, 6) is -0.846. The fraction of sp³-hybridized carbons (Fsp3) is 0. The van der Waals surface area contributed by atoms with Crippen molar-refractivity contribution in [3.05, 3.63) is 96.3 Å². The topological polar surface area (TPSA) is 37.3 Å². The lowest BCUT2D eigenvalue weighted by Crippen LogP contribution is -1.95. The third-order valence-electron chi connectivity index (χ3n) is 4.40. The first-order valence-electron chi connectivity index (χ1n) is 8.41. The van der Waals surface area contributed by atoms with Gasteiger partial charge in [0.2, 0.25) is 0 Å². The molecule has 0 aliphatic rings. The zero-order valence-electron chi connectivity index (χ0n) is 14.0. The van der Waals surface area contributed by atoms with Crippen LogP contribution < -0.4 is 0 Å². The minimum Gasteiger partial charge on any atom is -0.477 e. The minimum atomic E-state index is -0.846. The first-order chi connectivity index (χ1) is 12.8. The van der Waals surface area contributed by atoms with Gasteiger partial charge in [-0.15, -0.1) is 8.19 Å². The van der Waals surface area contributed by atoms with E-state index in [0.717, 1.165) is 33.1 Å². The maximum atomic E-state index is 12.1. The minimum absolute atomic E-state index is 0.120. The van der Waals surface area contributed by atoms with Crippen LogP contribution in [0.15, 0.2) is 91.0 Å². The first-order valence-corrected chi connectivity index (χ1v) is 9.41. The molecule has 1 aromatic heterocycles. The molecule has 26 heavy (non-hydrogen) atoms. The second-order valence-electron chi connectivity index (χ2n) is 6.03. The van der Waals surface area contributed by atoms with E-state index < -0.39 is 5.97 Å². The van der Waals surface area contributed by atoms with E-state index in [-0.39, 0.29) is 8.19 Å². The van der Waals surface area contributed by atoms with Crippen LogP contribution in [-0.2, 0) is 0 Å². The molecule has 3 heteroatoms. The van der Waals surface area contributed by atoms with Crippen molar-refractivity contribution in [2.75, 3.05) is 0 Å². The first kappa shape index (κ1) is 16.4. The lowest BCUT2D eigenvalue weighted by molar-refractivity contribution is 0.0703. The fourth-order valence-electron chi connectivity index (χ4n) is 3.27. The van der Waals surface area contributed by atoms with Crippen molar-refractivity contribution in [1.82, 2.24) is 0 Å². The fourth-order valence-corrected chi connectivity index (χ4v) is 4.73. The van der Waals surface area contributed by atoms with Gasteiger partial charge in [-0.25, -0.2) is 4.79 Å². The summed E-state index contributed by atoms with van der Waals surface area (Å²) in [6.45, 7) is 0. The van der Waals surface area contributed by atoms with E-state index in [2.05, 4.69) is 24.3 Å². The number of carbonyl (C=O) groups is 1. The molecule has 2 nitrogen and oxygen atoms in total. The number of rotatable bonds is 4. The third-order valence-corrected chi connectivity index (χ3v) is 5.90. The molecule has 0 saturated carbocycles. The summed E-state index contributed by atoms with van der Waals surface area (Å²) in [6, 6.07) is 30.0. The molecule has 1 heterocycles. The molecule has 0 spiro atoms. The van der Waals surface area contributed by atoms with Crippen LogP contribution >= 0.6 is 8.19 Å². The summed E-state index contributed by atoms with van der Waals surface area (Å²) in [7, 11) is 0.120. The molecule has 1 atom stereocenters. The van der Waals surface area contributed by atoms with Crippen molar-refractivity contribution in [2.24, 2.45) is 0 Å². The molecule has 0 aliphatic carbocycles. The molecule has 0 bridgehead atoms. The van der Waals surface area contributed by atoms with E-state index in [1.807, 2.05) is 66.7 Å². The van der Waals surface area contributed by atoms with E-state index >= 15 is 0 Å². The molecule has 1 unspecified atom stereocenters. The molecule has 0 saturated heterocycles. The Morgan fingerprint density at radius 3 is 1.50 bits per heavy atom. The SMILES string of the molecule is O=C(O)c1[pH]c(-c2ccccc2)c(-c2ccccc2)c1-c1ccccc1. The summed E-state index contributed by atoms with van der Waals surface area (Å²) < 4.78 is 0. The van der Waals surface area contributed by atoms with Crippen LogP contribution in [0, 0.1) is 0 Å². The highest BCUT2D eigenvalue weighted by atomic mass is 31.0. The van der Waals surface area contributed by atoms with Gasteiger partial charge in [0.1, 0.15) is 0 Å². The Bertz CT molecular complexity index is 1040. The van der Waals surface area contributed by atoms with Crippen LogP contribution in [0.25, 0.3) is 33.1 Å². The van der Waals surface area contributed by atoms with Gasteiger partial charge in [-0.3, -0.25) is 0 Å². The summed E-state index contributed by atoms with van der Waals surface area (Å²) in [6.07, 6.45) is 0. The average Bonchev–Trinajstić information content (AvgIpc) is 3.11. The molecular weight excluding hydrogens is 339 g/mol. The molecular formula is C23H17O2P. The molecule has 3 aromatic carbocycles. The van der Waals surface area contributed by atoms with Crippen molar-refractivity contribution in [2.45, 2.75) is 0 Å². The van der Waals surface area contributed by atoms with E-state index in [1.54, 1.807) is 0 Å². The summed E-state index contributed by atoms with van der Waals surface area (Å²) in [4.78, 5) is 12.1. The van der Waals surface area contributed by atoms with Gasteiger partial charge in [0.15, 0.2) is 0 Å². The average molecular weight is 356 g/mol. The highest BCUT2D eigenvalue weighted by Gasteiger charge is 2.24. The molecule has 4 rings (SSSR count). The zero-order chi connectivity index (χ0) is 17.9. The van der Waals surface area contributed by atoms with Gasteiger partial charge < -0.3 is 5.11 Å². The summed E-state index contributed by atoms with van der Waals surface area (Å²) >= 11 is 0. The highest BCUT2D eigenvalue weighted by molar-refractivity contribution is 7.37. The van der Waals surface area contributed by atoms with Crippen molar-refractivity contribution >= 4 is 14.2 Å². The Morgan fingerprint density at radius 1 is 0.615 bits per heavy atom. The number of aromatic carboxylic acids is 1. The van der Waals surface area contributed by atoms with Crippen molar-refractivity contribution in [1.29, 1.82) is 0 Å². The molecule has 0 aliphatic heterocycles. The van der Waals surface area contributed by atoms with Crippen LogP contribution in [0.3, 0.4) is 0 Å². The second kappa shape index (κ2) is 7.03. The Labute approximate surface area is 153 Å². The van der Waals surface area contributed by atoms with Crippen LogP contribution in [-0.4, -0.2) is 11.1 Å². The van der Waals surface area contributed by atoms with Crippen molar-refractivity contribution in [3.8, 4) is 33.1 Å². The Morgan fingerprint density at radius 2 is 1.04 bits per heavy atom. The zero-order valence-corrected chi connectivity index (χ0v) is 15.0. The van der Waals surface area contributed by atoms with Gasteiger partial charge in [-0.2, -0.15) is 0 Å². The van der Waals surface area contributed by atoms with Gasteiger partial charge in [0.25, 0.3) is 0 Å². The van der Waals surface area contributed by atoms with E-state index in [1.165, 1.54) is 0 Å². The molecule has 126 valence electrons. The van der Waals surface area contributed by atoms with Crippen LogP contribution in [0.5, 0.6) is 0 Å². The Hall–Kier alpha value is -3.09. The number of carboxylic acids is 1. The number of hydrogen-bond acceptors (Lipinski definition) is 1. The molecule has 4 aromatic rings. The predicted octanol–water partition coefficient (Wildman–Crippen LogP) is 6.42. The van der Waals surface area contributed by atoms with E-state index in [0.29, 0.717) is 5.30 Å².